The Morgan fingerprint density at radius 1 is 0.923 bits per heavy atom. The summed E-state index contributed by atoms with van der Waals surface area (Å²) in [6.45, 7) is 2.57. The maximum absolute atomic E-state index is 3.51. The summed E-state index contributed by atoms with van der Waals surface area (Å²) in [5.41, 5.74) is 0. The fourth-order valence-electron chi connectivity index (χ4n) is 2.84. The second-order valence-corrected chi connectivity index (χ2v) is 4.60. The second kappa shape index (κ2) is 5.87. The van der Waals surface area contributed by atoms with E-state index in [1.165, 1.54) is 58.0 Å². The lowest BCUT2D eigenvalue weighted by molar-refractivity contribution is 0.304. The van der Waals surface area contributed by atoms with Crippen molar-refractivity contribution in [1.82, 2.24) is 5.32 Å². The van der Waals surface area contributed by atoms with Gasteiger partial charge in [-0.3, -0.25) is 0 Å². The van der Waals surface area contributed by atoms with Gasteiger partial charge in [0, 0.05) is 0 Å². The van der Waals surface area contributed by atoms with Crippen LogP contribution in [0.4, 0.5) is 0 Å². The first-order valence-corrected chi connectivity index (χ1v) is 5.66. The fourth-order valence-corrected chi connectivity index (χ4v) is 2.84. The van der Waals surface area contributed by atoms with Gasteiger partial charge in [-0.25, -0.2) is 0 Å². The lowest BCUT2D eigenvalue weighted by atomic mass is 9.88. The van der Waals surface area contributed by atoms with Crippen molar-refractivity contribution in [2.75, 3.05) is 13.1 Å². The quantitative estimate of drug-likeness (QED) is 0.728. The summed E-state index contributed by atoms with van der Waals surface area (Å²) in [6, 6.07) is 0. The van der Waals surface area contributed by atoms with Crippen molar-refractivity contribution in [3.63, 3.8) is 0 Å². The molecule has 2 fully saturated rings. The van der Waals surface area contributed by atoms with Gasteiger partial charge in [0.1, 0.15) is 0 Å². The largest absolute Gasteiger partial charge is 0.316 e. The van der Waals surface area contributed by atoms with Crippen LogP contribution in [0.25, 0.3) is 0 Å². The average Bonchev–Trinajstić information content (AvgIpc) is 2.59. The molecule has 1 aliphatic heterocycles. The molecule has 0 amide bonds. The van der Waals surface area contributed by atoms with E-state index in [9.17, 15) is 0 Å². The monoisotopic (exact) mass is 203 g/mol. The van der Waals surface area contributed by atoms with Gasteiger partial charge in [-0.1, -0.05) is 25.7 Å². The van der Waals surface area contributed by atoms with E-state index in [0.29, 0.717) is 0 Å². The summed E-state index contributed by atoms with van der Waals surface area (Å²) >= 11 is 0. The Bertz CT molecular complexity index is 126. The van der Waals surface area contributed by atoms with E-state index in [2.05, 4.69) is 5.32 Å². The van der Waals surface area contributed by atoms with Gasteiger partial charge in [-0.15, -0.1) is 12.4 Å². The number of nitrogens with one attached hydrogen (secondary N) is 1. The Morgan fingerprint density at radius 2 is 1.62 bits per heavy atom. The molecule has 2 heteroatoms. The van der Waals surface area contributed by atoms with Gasteiger partial charge in [0.25, 0.3) is 0 Å². The highest BCUT2D eigenvalue weighted by molar-refractivity contribution is 5.85. The third-order valence-electron chi connectivity index (χ3n) is 3.54. The second-order valence-electron chi connectivity index (χ2n) is 4.60. The lowest BCUT2D eigenvalue weighted by Crippen LogP contribution is -2.30. The zero-order valence-corrected chi connectivity index (χ0v) is 9.24. The molecule has 0 bridgehead atoms. The molecular weight excluding hydrogens is 182 g/mol. The Labute approximate surface area is 88.1 Å². The van der Waals surface area contributed by atoms with Gasteiger partial charge in [0.05, 0.1) is 0 Å². The molecule has 1 atom stereocenters. The smallest absolute Gasteiger partial charge is 0.00204 e. The SMILES string of the molecule is C1CCC(CC2CCCNC2)C1.Cl. The summed E-state index contributed by atoms with van der Waals surface area (Å²) in [5.74, 6) is 2.11. The van der Waals surface area contributed by atoms with Crippen LogP contribution in [-0.4, -0.2) is 13.1 Å². The highest BCUT2D eigenvalue weighted by atomic mass is 35.5. The number of piperidine rings is 1. The molecule has 1 nitrogen and oxygen atoms in total. The molecule has 2 rings (SSSR count). The minimum Gasteiger partial charge on any atom is -0.316 e. The van der Waals surface area contributed by atoms with Crippen molar-refractivity contribution in [1.29, 1.82) is 0 Å². The van der Waals surface area contributed by atoms with Crippen molar-refractivity contribution in [2.24, 2.45) is 11.8 Å². The molecule has 0 aromatic rings. The van der Waals surface area contributed by atoms with Gasteiger partial charge in [-0.05, 0) is 44.2 Å². The number of rotatable bonds is 2. The normalized spacial score (nSPS) is 30.0. The van der Waals surface area contributed by atoms with Crippen molar-refractivity contribution in [3.8, 4) is 0 Å². The van der Waals surface area contributed by atoms with E-state index >= 15 is 0 Å². The number of halogens is 1. The topological polar surface area (TPSA) is 12.0 Å². The Balaban J connectivity index is 0.000000845. The summed E-state index contributed by atoms with van der Waals surface area (Å²) in [4.78, 5) is 0. The van der Waals surface area contributed by atoms with E-state index in [1.807, 2.05) is 0 Å². The standard InChI is InChI=1S/C11H21N.ClH/c1-2-5-10(4-1)8-11-6-3-7-12-9-11;/h10-12H,1-9H2;1H. The zero-order valence-electron chi connectivity index (χ0n) is 8.43. The van der Waals surface area contributed by atoms with Gasteiger partial charge in [0.2, 0.25) is 0 Å². The first-order chi connectivity index (χ1) is 5.95. The average molecular weight is 204 g/mol. The predicted octanol–water partition coefficient (Wildman–Crippen LogP) is 2.99. The molecule has 13 heavy (non-hydrogen) atoms. The van der Waals surface area contributed by atoms with Crippen LogP contribution in [0.3, 0.4) is 0 Å². The minimum atomic E-state index is 0. The lowest BCUT2D eigenvalue weighted by Gasteiger charge is -2.25. The van der Waals surface area contributed by atoms with E-state index in [1.54, 1.807) is 0 Å². The van der Waals surface area contributed by atoms with Gasteiger partial charge in [0.15, 0.2) is 0 Å². The van der Waals surface area contributed by atoms with Gasteiger partial charge in [-0.2, -0.15) is 0 Å². The fraction of sp³-hybridized carbons (Fsp3) is 1.00. The molecule has 1 saturated carbocycles. The molecular formula is C11H22ClN. The zero-order chi connectivity index (χ0) is 8.23. The molecule has 0 aromatic carbocycles. The molecule has 1 aliphatic carbocycles. The van der Waals surface area contributed by atoms with E-state index in [4.69, 9.17) is 0 Å². The first kappa shape index (κ1) is 11.3. The van der Waals surface area contributed by atoms with Crippen molar-refractivity contribution < 1.29 is 0 Å². The van der Waals surface area contributed by atoms with Crippen LogP contribution < -0.4 is 5.32 Å². The molecule has 1 N–H and O–H groups in total. The predicted molar refractivity (Wildman–Crippen MR) is 59.4 cm³/mol. The summed E-state index contributed by atoms with van der Waals surface area (Å²) in [7, 11) is 0. The van der Waals surface area contributed by atoms with Crippen molar-refractivity contribution in [2.45, 2.75) is 44.9 Å². The van der Waals surface area contributed by atoms with E-state index < -0.39 is 0 Å². The molecule has 0 radical (unpaired) electrons. The molecule has 0 aromatic heterocycles. The number of hydrogen-bond donors (Lipinski definition) is 1. The Hall–Kier alpha value is 0.250. The molecule has 1 heterocycles. The molecule has 2 aliphatic rings. The molecule has 1 saturated heterocycles. The maximum atomic E-state index is 3.51. The van der Waals surface area contributed by atoms with E-state index in [-0.39, 0.29) is 12.4 Å². The van der Waals surface area contributed by atoms with Gasteiger partial charge < -0.3 is 5.32 Å². The van der Waals surface area contributed by atoms with Crippen LogP contribution in [-0.2, 0) is 0 Å². The van der Waals surface area contributed by atoms with Crippen LogP contribution in [0.5, 0.6) is 0 Å². The highest BCUT2D eigenvalue weighted by Crippen LogP contribution is 2.31. The van der Waals surface area contributed by atoms with Crippen LogP contribution >= 0.6 is 12.4 Å². The summed E-state index contributed by atoms with van der Waals surface area (Å²) in [5, 5.41) is 3.51. The maximum Gasteiger partial charge on any atom is -0.00204 e. The van der Waals surface area contributed by atoms with Gasteiger partial charge >= 0.3 is 0 Å². The highest BCUT2D eigenvalue weighted by Gasteiger charge is 2.21. The Morgan fingerprint density at radius 3 is 2.23 bits per heavy atom. The minimum absolute atomic E-state index is 0. The van der Waals surface area contributed by atoms with Crippen LogP contribution in [0.1, 0.15) is 44.9 Å². The molecule has 78 valence electrons. The van der Waals surface area contributed by atoms with Crippen LogP contribution in [0, 0.1) is 11.8 Å². The van der Waals surface area contributed by atoms with Crippen LogP contribution in [0.15, 0.2) is 0 Å². The van der Waals surface area contributed by atoms with Crippen molar-refractivity contribution in [3.05, 3.63) is 0 Å². The summed E-state index contributed by atoms with van der Waals surface area (Å²) in [6.07, 6.45) is 10.5. The molecule has 0 spiro atoms. The summed E-state index contributed by atoms with van der Waals surface area (Å²) < 4.78 is 0. The van der Waals surface area contributed by atoms with E-state index in [0.717, 1.165) is 11.8 Å². The van der Waals surface area contributed by atoms with Crippen molar-refractivity contribution >= 4 is 12.4 Å². The van der Waals surface area contributed by atoms with Crippen LogP contribution in [0.2, 0.25) is 0 Å². The Kier molecular flexibility index (Phi) is 5.12. The third-order valence-corrected chi connectivity index (χ3v) is 3.54. The number of hydrogen-bond acceptors (Lipinski definition) is 1. The molecule has 1 unspecified atom stereocenters. The first-order valence-electron chi connectivity index (χ1n) is 5.66. The third kappa shape index (κ3) is 3.47.